The number of ether oxygens (including phenoxy) is 3. The zero-order valence-corrected chi connectivity index (χ0v) is 11.8. The number of aliphatic hydroxyl groups is 2. The molecule has 1 amide bonds. The van der Waals surface area contributed by atoms with Gasteiger partial charge in [0.05, 0.1) is 0 Å². The number of carbonyl (C=O) groups excluding carboxylic acids is 2. The number of aliphatic hydroxyl groups excluding tert-OH is 2. The minimum atomic E-state index is -1.36. The maximum Gasteiger partial charge on any atom is 0.302 e. The van der Waals surface area contributed by atoms with Gasteiger partial charge in [0.15, 0.2) is 6.29 Å². The average molecular weight is 301 g/mol. The second-order valence-electron chi connectivity index (χ2n) is 4.57. The Morgan fingerprint density at radius 3 is 2.52 bits per heavy atom. The summed E-state index contributed by atoms with van der Waals surface area (Å²) in [6, 6.07) is -0.987. The van der Waals surface area contributed by atoms with Crippen LogP contribution in [-0.4, -0.2) is 65.9 Å². The van der Waals surface area contributed by atoms with Crippen molar-refractivity contribution in [3.05, 3.63) is 0 Å². The van der Waals surface area contributed by atoms with Crippen molar-refractivity contribution in [2.24, 2.45) is 0 Å². The van der Waals surface area contributed by atoms with E-state index in [0.29, 0.717) is 0 Å². The SMILES string of the molecule is C#CCO[C@H]1O[C@H](COC(C)=O)[C@@H](O)[C@H](O)[C@H]1NC(C)=O. The third-order valence-electron chi connectivity index (χ3n) is 2.85. The summed E-state index contributed by atoms with van der Waals surface area (Å²) in [7, 11) is 0. The predicted molar refractivity (Wildman–Crippen MR) is 69.7 cm³/mol. The van der Waals surface area contributed by atoms with Crippen LogP contribution < -0.4 is 5.32 Å². The number of esters is 1. The molecule has 0 saturated carbocycles. The molecule has 5 atom stereocenters. The molecule has 1 aliphatic rings. The van der Waals surface area contributed by atoms with E-state index < -0.39 is 42.5 Å². The molecule has 0 spiro atoms. The van der Waals surface area contributed by atoms with E-state index in [4.69, 9.17) is 20.6 Å². The van der Waals surface area contributed by atoms with Crippen molar-refractivity contribution < 1.29 is 34.0 Å². The standard InChI is InChI=1S/C13H19NO7/c1-4-5-19-13-10(14-7(2)15)12(18)11(17)9(21-13)6-20-8(3)16/h1,9-13,17-18H,5-6H2,2-3H3,(H,14,15)/t9-,10-,11-,12-,13+/m1/s1. The van der Waals surface area contributed by atoms with E-state index in [-0.39, 0.29) is 13.2 Å². The van der Waals surface area contributed by atoms with Gasteiger partial charge in [-0.25, -0.2) is 0 Å². The summed E-state index contributed by atoms with van der Waals surface area (Å²) in [5.74, 6) is 1.26. The molecule has 1 fully saturated rings. The third kappa shape index (κ3) is 4.99. The highest BCUT2D eigenvalue weighted by Crippen LogP contribution is 2.22. The Kier molecular flexibility index (Phi) is 6.58. The first kappa shape index (κ1) is 17.4. The summed E-state index contributed by atoms with van der Waals surface area (Å²) in [5.41, 5.74) is 0. The van der Waals surface area contributed by atoms with Gasteiger partial charge < -0.3 is 29.7 Å². The fourth-order valence-electron chi connectivity index (χ4n) is 1.93. The van der Waals surface area contributed by atoms with E-state index >= 15 is 0 Å². The fraction of sp³-hybridized carbons (Fsp3) is 0.692. The summed E-state index contributed by atoms with van der Waals surface area (Å²) in [5, 5.41) is 22.5. The van der Waals surface area contributed by atoms with Crippen LogP contribution in [0.25, 0.3) is 0 Å². The molecule has 0 radical (unpaired) electrons. The van der Waals surface area contributed by atoms with Crippen LogP contribution in [0.15, 0.2) is 0 Å². The van der Waals surface area contributed by atoms with Gasteiger partial charge in [-0.05, 0) is 0 Å². The molecule has 1 rings (SSSR count). The monoisotopic (exact) mass is 301 g/mol. The van der Waals surface area contributed by atoms with Crippen LogP contribution in [-0.2, 0) is 23.8 Å². The van der Waals surface area contributed by atoms with Gasteiger partial charge in [0.1, 0.15) is 37.6 Å². The van der Waals surface area contributed by atoms with Gasteiger partial charge in [-0.15, -0.1) is 6.42 Å². The summed E-state index contributed by atoms with van der Waals surface area (Å²) in [6.07, 6.45) is 0.323. The number of rotatable bonds is 5. The van der Waals surface area contributed by atoms with Crippen LogP contribution in [0.2, 0.25) is 0 Å². The van der Waals surface area contributed by atoms with Crippen LogP contribution >= 0.6 is 0 Å². The van der Waals surface area contributed by atoms with E-state index in [1.165, 1.54) is 13.8 Å². The number of hydrogen-bond donors (Lipinski definition) is 3. The van der Waals surface area contributed by atoms with Crippen LogP contribution in [0.1, 0.15) is 13.8 Å². The van der Waals surface area contributed by atoms with Crippen LogP contribution in [0, 0.1) is 12.3 Å². The lowest BCUT2D eigenvalue weighted by atomic mass is 9.97. The smallest absolute Gasteiger partial charge is 0.302 e. The molecule has 8 heteroatoms. The normalized spacial score (nSPS) is 32.0. The molecule has 118 valence electrons. The van der Waals surface area contributed by atoms with Crippen molar-refractivity contribution in [2.75, 3.05) is 13.2 Å². The summed E-state index contributed by atoms with van der Waals surface area (Å²) < 4.78 is 15.4. The predicted octanol–water partition coefficient (Wildman–Crippen LogP) is -1.85. The summed E-state index contributed by atoms with van der Waals surface area (Å²) >= 11 is 0. The van der Waals surface area contributed by atoms with Crippen molar-refractivity contribution in [3.8, 4) is 12.3 Å². The first-order chi connectivity index (χ1) is 9.86. The fourth-order valence-corrected chi connectivity index (χ4v) is 1.93. The van der Waals surface area contributed by atoms with Gasteiger partial charge in [0.25, 0.3) is 0 Å². The first-order valence-electron chi connectivity index (χ1n) is 6.34. The van der Waals surface area contributed by atoms with E-state index in [1.807, 2.05) is 0 Å². The molecule has 1 saturated heterocycles. The first-order valence-corrected chi connectivity index (χ1v) is 6.34. The second-order valence-corrected chi connectivity index (χ2v) is 4.57. The molecule has 0 unspecified atom stereocenters. The lowest BCUT2D eigenvalue weighted by molar-refractivity contribution is -0.267. The van der Waals surface area contributed by atoms with Gasteiger partial charge in [-0.1, -0.05) is 5.92 Å². The number of carbonyl (C=O) groups is 2. The molecule has 0 aromatic rings. The second kappa shape index (κ2) is 7.95. The zero-order chi connectivity index (χ0) is 16.0. The maximum absolute atomic E-state index is 11.2. The van der Waals surface area contributed by atoms with E-state index in [9.17, 15) is 19.8 Å². The Labute approximate surface area is 122 Å². The molecule has 1 aliphatic heterocycles. The Morgan fingerprint density at radius 2 is 2.00 bits per heavy atom. The number of amides is 1. The van der Waals surface area contributed by atoms with Gasteiger partial charge >= 0.3 is 5.97 Å². The van der Waals surface area contributed by atoms with Gasteiger partial charge in [-0.3, -0.25) is 9.59 Å². The lowest BCUT2D eigenvalue weighted by Gasteiger charge is -2.42. The van der Waals surface area contributed by atoms with Gasteiger partial charge in [-0.2, -0.15) is 0 Å². The minimum Gasteiger partial charge on any atom is -0.463 e. The topological polar surface area (TPSA) is 114 Å². The Morgan fingerprint density at radius 1 is 1.33 bits per heavy atom. The number of hydrogen-bond acceptors (Lipinski definition) is 7. The number of terminal acetylenes is 1. The largest absolute Gasteiger partial charge is 0.463 e. The molecule has 8 nitrogen and oxygen atoms in total. The molecule has 0 aromatic heterocycles. The Bertz CT molecular complexity index is 417. The highest BCUT2D eigenvalue weighted by atomic mass is 16.7. The van der Waals surface area contributed by atoms with Crippen molar-refractivity contribution in [1.29, 1.82) is 0 Å². The van der Waals surface area contributed by atoms with Crippen molar-refractivity contribution in [2.45, 2.75) is 44.5 Å². The molecular formula is C13H19NO7. The zero-order valence-electron chi connectivity index (χ0n) is 11.8. The van der Waals surface area contributed by atoms with Crippen LogP contribution in [0.4, 0.5) is 0 Å². The van der Waals surface area contributed by atoms with Crippen molar-refractivity contribution in [1.82, 2.24) is 5.32 Å². The molecule has 0 aliphatic carbocycles. The van der Waals surface area contributed by atoms with E-state index in [2.05, 4.69) is 11.2 Å². The maximum atomic E-state index is 11.2. The van der Waals surface area contributed by atoms with E-state index in [1.54, 1.807) is 0 Å². The summed E-state index contributed by atoms with van der Waals surface area (Å²) in [6.45, 7) is 2.10. The Hall–Kier alpha value is -1.66. The van der Waals surface area contributed by atoms with E-state index in [0.717, 1.165) is 0 Å². The third-order valence-corrected chi connectivity index (χ3v) is 2.85. The van der Waals surface area contributed by atoms with Crippen LogP contribution in [0.5, 0.6) is 0 Å². The molecule has 0 bridgehead atoms. The summed E-state index contributed by atoms with van der Waals surface area (Å²) in [4.78, 5) is 22.0. The minimum absolute atomic E-state index is 0.107. The molecule has 21 heavy (non-hydrogen) atoms. The molecule has 0 aromatic carbocycles. The van der Waals surface area contributed by atoms with Gasteiger partial charge in [0, 0.05) is 13.8 Å². The molecule has 1 heterocycles. The van der Waals surface area contributed by atoms with Crippen molar-refractivity contribution in [3.63, 3.8) is 0 Å². The van der Waals surface area contributed by atoms with Gasteiger partial charge in [0.2, 0.25) is 5.91 Å². The highest BCUT2D eigenvalue weighted by Gasteiger charge is 2.45. The molecule has 3 N–H and O–H groups in total. The molecular weight excluding hydrogens is 282 g/mol. The average Bonchev–Trinajstić information content (AvgIpc) is 2.41. The Balaban J connectivity index is 2.80. The van der Waals surface area contributed by atoms with Crippen LogP contribution in [0.3, 0.4) is 0 Å². The van der Waals surface area contributed by atoms with Crippen molar-refractivity contribution >= 4 is 11.9 Å². The lowest BCUT2D eigenvalue weighted by Crippen LogP contribution is -2.64. The number of nitrogens with one attached hydrogen (secondary N) is 1. The quantitative estimate of drug-likeness (QED) is 0.403. The highest BCUT2D eigenvalue weighted by molar-refractivity contribution is 5.73.